The highest BCUT2D eigenvalue weighted by Gasteiger charge is 2.37. The van der Waals surface area contributed by atoms with Gasteiger partial charge in [-0.3, -0.25) is 4.79 Å². The zero-order valence-electron chi connectivity index (χ0n) is 16.4. The number of hydrogen-bond acceptors (Lipinski definition) is 5. The molecule has 2 aromatic rings. The van der Waals surface area contributed by atoms with Crippen LogP contribution in [0, 0.1) is 0 Å². The first kappa shape index (κ1) is 22.1. The van der Waals surface area contributed by atoms with E-state index in [-0.39, 0.29) is 29.4 Å². The van der Waals surface area contributed by atoms with Crippen molar-refractivity contribution in [2.75, 3.05) is 37.7 Å². The molecule has 2 aliphatic rings. The van der Waals surface area contributed by atoms with Gasteiger partial charge in [-0.05, 0) is 49.4 Å². The molecule has 29 heavy (non-hydrogen) atoms. The minimum atomic E-state index is -0.0766. The molecule has 1 aliphatic heterocycles. The summed E-state index contributed by atoms with van der Waals surface area (Å²) in [5, 5.41) is 5.44. The summed E-state index contributed by atoms with van der Waals surface area (Å²) in [6.07, 6.45) is 3.60. The number of anilines is 1. The minimum Gasteiger partial charge on any atom is -0.378 e. The first-order valence-electron chi connectivity index (χ1n) is 10.00. The van der Waals surface area contributed by atoms with Gasteiger partial charge in [-0.2, -0.15) is 5.10 Å². The third-order valence-corrected chi connectivity index (χ3v) is 6.47. The maximum absolute atomic E-state index is 12.5. The lowest BCUT2D eigenvalue weighted by Gasteiger charge is -2.40. The van der Waals surface area contributed by atoms with Crippen LogP contribution >= 0.6 is 24.0 Å². The average molecular weight is 439 g/mol. The third kappa shape index (κ3) is 4.61. The van der Waals surface area contributed by atoms with Crippen LogP contribution in [-0.2, 0) is 10.2 Å². The molecule has 6 nitrogen and oxygen atoms in total. The Hall–Kier alpha value is -1.60. The molecule has 2 fully saturated rings. The lowest BCUT2D eigenvalue weighted by atomic mass is 9.68. The predicted molar refractivity (Wildman–Crippen MR) is 118 cm³/mol. The zero-order chi connectivity index (χ0) is 19.6. The summed E-state index contributed by atoms with van der Waals surface area (Å²) in [6.45, 7) is 3.59. The summed E-state index contributed by atoms with van der Waals surface area (Å²) in [5.74, 6) is 0.855. The number of rotatable bonds is 4. The standard InChI is InChI=1S/C21H27ClN4O2.ClH/c22-17-3-1-2-16(14-17)21(15-23)8-6-18(7-9-21)26-20(27)5-4-19(24-26)25-10-12-28-13-11-25;/h1-5,14,18H,6-13,15,23H2;1H/t18-,21+;. The van der Waals surface area contributed by atoms with Crippen LogP contribution in [0.5, 0.6) is 0 Å². The van der Waals surface area contributed by atoms with Crippen molar-refractivity contribution in [1.29, 1.82) is 0 Å². The van der Waals surface area contributed by atoms with E-state index in [2.05, 4.69) is 11.0 Å². The molecule has 1 saturated carbocycles. The normalized spacial score (nSPS) is 24.8. The molecule has 1 aromatic carbocycles. The number of nitrogens with two attached hydrogens (primary N) is 1. The summed E-state index contributed by atoms with van der Waals surface area (Å²) in [7, 11) is 0. The molecule has 0 unspecified atom stereocenters. The van der Waals surface area contributed by atoms with Crippen LogP contribution < -0.4 is 16.2 Å². The monoisotopic (exact) mass is 438 g/mol. The number of nitrogens with zero attached hydrogens (tertiary/aromatic N) is 3. The van der Waals surface area contributed by atoms with Crippen LogP contribution in [0.3, 0.4) is 0 Å². The van der Waals surface area contributed by atoms with Gasteiger partial charge in [0, 0.05) is 36.1 Å². The Labute approximate surface area is 182 Å². The van der Waals surface area contributed by atoms with Crippen LogP contribution in [0.25, 0.3) is 0 Å². The Bertz CT molecular complexity index is 875. The molecule has 2 heterocycles. The van der Waals surface area contributed by atoms with Crippen LogP contribution in [-0.4, -0.2) is 42.6 Å². The molecule has 0 spiro atoms. The van der Waals surface area contributed by atoms with Crippen molar-refractivity contribution >= 4 is 29.8 Å². The quantitative estimate of drug-likeness (QED) is 0.793. The number of halogens is 2. The van der Waals surface area contributed by atoms with Crippen LogP contribution in [0.4, 0.5) is 5.82 Å². The first-order chi connectivity index (χ1) is 13.6. The van der Waals surface area contributed by atoms with E-state index in [0.717, 1.165) is 49.6 Å². The van der Waals surface area contributed by atoms with Crippen LogP contribution in [0.2, 0.25) is 5.02 Å². The van der Waals surface area contributed by atoms with Gasteiger partial charge in [0.1, 0.15) is 5.82 Å². The minimum absolute atomic E-state index is 0. The largest absolute Gasteiger partial charge is 0.378 e. The Balaban J connectivity index is 0.00000240. The molecule has 8 heteroatoms. The second-order valence-corrected chi connectivity index (χ2v) is 8.24. The zero-order valence-corrected chi connectivity index (χ0v) is 18.0. The molecule has 2 N–H and O–H groups in total. The molecule has 0 atom stereocenters. The fraction of sp³-hybridized carbons (Fsp3) is 0.524. The highest BCUT2D eigenvalue weighted by Crippen LogP contribution is 2.42. The lowest BCUT2D eigenvalue weighted by molar-refractivity contribution is 0.122. The van der Waals surface area contributed by atoms with Gasteiger partial charge in [0.2, 0.25) is 0 Å². The Morgan fingerprint density at radius 1 is 1.17 bits per heavy atom. The van der Waals surface area contributed by atoms with Gasteiger partial charge in [0.25, 0.3) is 5.56 Å². The van der Waals surface area contributed by atoms with Crippen molar-refractivity contribution in [3.05, 3.63) is 57.3 Å². The second-order valence-electron chi connectivity index (χ2n) is 7.80. The fourth-order valence-corrected chi connectivity index (χ4v) is 4.66. The van der Waals surface area contributed by atoms with Crippen molar-refractivity contribution in [2.24, 2.45) is 5.73 Å². The highest BCUT2D eigenvalue weighted by atomic mass is 35.5. The van der Waals surface area contributed by atoms with Crippen molar-refractivity contribution in [3.63, 3.8) is 0 Å². The summed E-state index contributed by atoms with van der Waals surface area (Å²) in [5.41, 5.74) is 7.29. The SMILES string of the molecule is Cl.NC[C@]1(c2cccc(Cl)c2)CC[C@@H](n2nc(N3CCOCC3)ccc2=O)CC1. The number of hydrogen-bond donors (Lipinski definition) is 1. The van der Waals surface area contributed by atoms with E-state index < -0.39 is 0 Å². The van der Waals surface area contributed by atoms with Gasteiger partial charge in [0.05, 0.1) is 19.3 Å². The van der Waals surface area contributed by atoms with Gasteiger partial charge in [0.15, 0.2) is 0 Å². The Morgan fingerprint density at radius 2 is 1.90 bits per heavy atom. The molecule has 1 aromatic heterocycles. The average Bonchev–Trinajstić information content (AvgIpc) is 2.75. The summed E-state index contributed by atoms with van der Waals surface area (Å²) in [4.78, 5) is 14.7. The molecule has 1 saturated heterocycles. The lowest BCUT2D eigenvalue weighted by Crippen LogP contribution is -2.42. The van der Waals surface area contributed by atoms with Gasteiger partial charge in [-0.25, -0.2) is 4.68 Å². The van der Waals surface area contributed by atoms with Gasteiger partial charge < -0.3 is 15.4 Å². The highest BCUT2D eigenvalue weighted by molar-refractivity contribution is 6.30. The van der Waals surface area contributed by atoms with E-state index in [4.69, 9.17) is 27.2 Å². The van der Waals surface area contributed by atoms with Crippen molar-refractivity contribution in [3.8, 4) is 0 Å². The topological polar surface area (TPSA) is 73.4 Å². The molecule has 0 amide bonds. The summed E-state index contributed by atoms with van der Waals surface area (Å²) >= 11 is 6.21. The second kappa shape index (κ2) is 9.47. The van der Waals surface area contributed by atoms with E-state index in [1.165, 1.54) is 5.56 Å². The summed E-state index contributed by atoms with van der Waals surface area (Å²) < 4.78 is 7.10. The van der Waals surface area contributed by atoms with Crippen molar-refractivity contribution in [1.82, 2.24) is 9.78 Å². The van der Waals surface area contributed by atoms with Gasteiger partial charge in [-0.1, -0.05) is 23.7 Å². The molecule has 4 rings (SSSR count). The molecule has 0 bridgehead atoms. The molecule has 158 valence electrons. The van der Waals surface area contributed by atoms with E-state index in [0.29, 0.717) is 19.8 Å². The molecular weight excluding hydrogens is 411 g/mol. The maximum Gasteiger partial charge on any atom is 0.267 e. The van der Waals surface area contributed by atoms with Crippen molar-refractivity contribution in [2.45, 2.75) is 37.1 Å². The van der Waals surface area contributed by atoms with Gasteiger partial charge >= 0.3 is 0 Å². The first-order valence-corrected chi connectivity index (χ1v) is 10.4. The third-order valence-electron chi connectivity index (χ3n) is 6.23. The Kier molecular flexibility index (Phi) is 7.22. The Morgan fingerprint density at radius 3 is 2.55 bits per heavy atom. The maximum atomic E-state index is 12.5. The smallest absolute Gasteiger partial charge is 0.267 e. The van der Waals surface area contributed by atoms with Gasteiger partial charge in [-0.15, -0.1) is 12.4 Å². The predicted octanol–water partition coefficient (Wildman–Crippen LogP) is 3.17. The molecular formula is C21H28Cl2N4O2. The van der Waals surface area contributed by atoms with Crippen molar-refractivity contribution < 1.29 is 4.74 Å². The van der Waals surface area contributed by atoms with E-state index in [9.17, 15) is 4.79 Å². The number of morpholine rings is 1. The van der Waals surface area contributed by atoms with E-state index in [1.807, 2.05) is 24.3 Å². The van der Waals surface area contributed by atoms with E-state index >= 15 is 0 Å². The number of aromatic nitrogens is 2. The number of ether oxygens (including phenoxy) is 1. The molecule has 1 aliphatic carbocycles. The molecule has 0 radical (unpaired) electrons. The van der Waals surface area contributed by atoms with Crippen LogP contribution in [0.1, 0.15) is 37.3 Å². The van der Waals surface area contributed by atoms with E-state index in [1.54, 1.807) is 10.7 Å². The summed E-state index contributed by atoms with van der Waals surface area (Å²) in [6, 6.07) is 11.6. The fourth-order valence-electron chi connectivity index (χ4n) is 4.47. The number of benzene rings is 1. The van der Waals surface area contributed by atoms with Crippen LogP contribution in [0.15, 0.2) is 41.2 Å².